The number of rotatable bonds is 5. The molecule has 0 saturated carbocycles. The Kier molecular flexibility index (Phi) is 5.13. The largest absolute Gasteiger partial charge is 0.114 e. The van der Waals surface area contributed by atoms with E-state index in [0.717, 1.165) is 24.3 Å². The summed E-state index contributed by atoms with van der Waals surface area (Å²) in [6, 6.07) is 8.20. The second kappa shape index (κ2) is 6.63. The van der Waals surface area contributed by atoms with Gasteiger partial charge >= 0.3 is 0 Å². The average molecular weight is 295 g/mol. The number of benzene rings is 1. The molecule has 1 aliphatic rings. The van der Waals surface area contributed by atoms with Crippen molar-refractivity contribution in [2.75, 3.05) is 0 Å². The summed E-state index contributed by atoms with van der Waals surface area (Å²) in [5.41, 5.74) is 1.34. The van der Waals surface area contributed by atoms with Gasteiger partial charge in [0.05, 0.1) is 4.87 Å². The van der Waals surface area contributed by atoms with Crippen LogP contribution >= 0.6 is 23.2 Å². The molecule has 2 rings (SSSR count). The lowest BCUT2D eigenvalue weighted by molar-refractivity contribution is 0.501. The Morgan fingerprint density at radius 1 is 1.21 bits per heavy atom. The lowest BCUT2D eigenvalue weighted by Crippen LogP contribution is -2.22. The maximum atomic E-state index is 6.72. The monoisotopic (exact) mass is 294 g/mol. The molecule has 0 aromatic heterocycles. The van der Waals surface area contributed by atoms with Crippen molar-refractivity contribution in [2.45, 2.75) is 43.4 Å². The molecule has 0 N–H and O–H groups in total. The van der Waals surface area contributed by atoms with Crippen LogP contribution in [0.5, 0.6) is 0 Å². The van der Waals surface area contributed by atoms with Gasteiger partial charge < -0.3 is 0 Å². The normalized spacial score (nSPS) is 23.5. The summed E-state index contributed by atoms with van der Waals surface area (Å²) < 4.78 is 0. The number of hydrogen-bond acceptors (Lipinski definition) is 0. The molecule has 2 atom stereocenters. The summed E-state index contributed by atoms with van der Waals surface area (Å²) in [4.78, 5) is -0.228. The van der Waals surface area contributed by atoms with Gasteiger partial charge in [0.15, 0.2) is 0 Å². The smallest absolute Gasteiger partial charge is 0.0669 e. The first-order chi connectivity index (χ1) is 9.13. The van der Waals surface area contributed by atoms with Crippen LogP contribution in [0.25, 0.3) is 0 Å². The minimum atomic E-state index is -0.228. The van der Waals surface area contributed by atoms with Crippen molar-refractivity contribution in [1.82, 2.24) is 0 Å². The average Bonchev–Trinajstić information content (AvgIpc) is 2.40. The molecule has 0 radical (unpaired) electrons. The van der Waals surface area contributed by atoms with E-state index < -0.39 is 0 Å². The van der Waals surface area contributed by atoms with Gasteiger partial charge in [-0.2, -0.15) is 0 Å². The van der Waals surface area contributed by atoms with Crippen molar-refractivity contribution in [3.05, 3.63) is 59.2 Å². The van der Waals surface area contributed by atoms with Gasteiger partial charge in [0.2, 0.25) is 0 Å². The highest BCUT2D eigenvalue weighted by Gasteiger charge is 2.28. The number of alkyl halides is 1. The molecule has 0 aliphatic heterocycles. The first-order valence-electron chi connectivity index (χ1n) is 6.92. The van der Waals surface area contributed by atoms with E-state index in [2.05, 4.69) is 43.4 Å². The molecule has 1 aliphatic carbocycles. The predicted molar refractivity (Wildman–Crippen MR) is 85.2 cm³/mol. The van der Waals surface area contributed by atoms with Crippen LogP contribution in [0.1, 0.15) is 44.1 Å². The second-order valence-electron chi connectivity index (χ2n) is 5.27. The summed E-state index contributed by atoms with van der Waals surface area (Å²) in [6.07, 6.45) is 12.6. The molecule has 0 bridgehead atoms. The molecule has 0 heterocycles. The lowest BCUT2D eigenvalue weighted by atomic mass is 9.83. The van der Waals surface area contributed by atoms with Gasteiger partial charge in [0.25, 0.3) is 0 Å². The van der Waals surface area contributed by atoms with Gasteiger partial charge in [-0.1, -0.05) is 61.4 Å². The van der Waals surface area contributed by atoms with Crippen molar-refractivity contribution in [2.24, 2.45) is 0 Å². The molecular formula is C17H20Cl2. The molecule has 102 valence electrons. The summed E-state index contributed by atoms with van der Waals surface area (Å²) in [5, 5.41) is 0.792. The summed E-state index contributed by atoms with van der Waals surface area (Å²) in [6.45, 7) is 2.22. The van der Waals surface area contributed by atoms with Crippen LogP contribution < -0.4 is 0 Å². The topological polar surface area (TPSA) is 0 Å². The first-order valence-corrected chi connectivity index (χ1v) is 7.67. The van der Waals surface area contributed by atoms with Crippen LogP contribution in [0.15, 0.2) is 48.6 Å². The minimum Gasteiger partial charge on any atom is -0.114 e. The lowest BCUT2D eigenvalue weighted by Gasteiger charge is -2.29. The third-order valence-corrected chi connectivity index (χ3v) is 4.35. The van der Waals surface area contributed by atoms with Gasteiger partial charge in [0, 0.05) is 5.02 Å². The quantitative estimate of drug-likeness (QED) is 0.575. The first kappa shape index (κ1) is 14.7. The molecular weight excluding hydrogens is 275 g/mol. The zero-order valence-corrected chi connectivity index (χ0v) is 12.8. The third kappa shape index (κ3) is 4.12. The molecule has 0 amide bonds. The molecule has 0 saturated heterocycles. The SMILES string of the molecule is CCCC(CC1(Cl)C=CC=CC1)c1ccc(Cl)cc1. The Morgan fingerprint density at radius 2 is 1.95 bits per heavy atom. The fraction of sp³-hybridized carbons (Fsp3) is 0.412. The molecule has 1 aromatic carbocycles. The third-order valence-electron chi connectivity index (χ3n) is 3.66. The Bertz CT molecular complexity index is 459. The van der Waals surface area contributed by atoms with E-state index in [4.69, 9.17) is 23.2 Å². The van der Waals surface area contributed by atoms with E-state index in [1.54, 1.807) is 0 Å². The standard InChI is InChI=1S/C17H20Cl2/c1-2-6-15(14-7-9-16(18)10-8-14)13-17(19)11-4-3-5-12-17/h3-5,7-11,15H,2,6,12-13H2,1H3. The van der Waals surface area contributed by atoms with Crippen molar-refractivity contribution < 1.29 is 0 Å². The Balaban J connectivity index is 2.14. The zero-order chi connectivity index (χ0) is 13.7. The molecule has 2 unspecified atom stereocenters. The van der Waals surface area contributed by atoms with Gasteiger partial charge in [-0.3, -0.25) is 0 Å². The summed E-state index contributed by atoms with van der Waals surface area (Å²) in [7, 11) is 0. The molecule has 0 fully saturated rings. The number of hydrogen-bond donors (Lipinski definition) is 0. The Hall–Kier alpha value is -0.720. The van der Waals surface area contributed by atoms with Crippen LogP contribution in [-0.2, 0) is 0 Å². The minimum absolute atomic E-state index is 0.228. The molecule has 0 nitrogen and oxygen atoms in total. The highest BCUT2D eigenvalue weighted by Crippen LogP contribution is 2.38. The van der Waals surface area contributed by atoms with Crippen LogP contribution in [-0.4, -0.2) is 4.87 Å². The molecule has 0 spiro atoms. The number of halogens is 2. The molecule has 1 aromatic rings. The van der Waals surface area contributed by atoms with Crippen LogP contribution in [0, 0.1) is 0 Å². The second-order valence-corrected chi connectivity index (χ2v) is 6.46. The van der Waals surface area contributed by atoms with E-state index in [0.29, 0.717) is 5.92 Å². The van der Waals surface area contributed by atoms with Crippen molar-refractivity contribution >= 4 is 23.2 Å². The fourth-order valence-corrected chi connectivity index (χ4v) is 3.14. The van der Waals surface area contributed by atoms with Crippen LogP contribution in [0.4, 0.5) is 0 Å². The Morgan fingerprint density at radius 3 is 2.53 bits per heavy atom. The van der Waals surface area contributed by atoms with Gasteiger partial charge in [0.1, 0.15) is 0 Å². The number of allylic oxidation sites excluding steroid dienone is 4. The predicted octanol–water partition coefficient (Wildman–Crippen LogP) is 6.11. The van der Waals surface area contributed by atoms with Crippen molar-refractivity contribution in [3.8, 4) is 0 Å². The fourth-order valence-electron chi connectivity index (χ4n) is 2.67. The van der Waals surface area contributed by atoms with E-state index in [-0.39, 0.29) is 4.87 Å². The van der Waals surface area contributed by atoms with E-state index in [9.17, 15) is 0 Å². The van der Waals surface area contributed by atoms with Gasteiger partial charge in [-0.05, 0) is 42.9 Å². The highest BCUT2D eigenvalue weighted by molar-refractivity contribution is 6.30. The van der Waals surface area contributed by atoms with E-state index >= 15 is 0 Å². The highest BCUT2D eigenvalue weighted by atomic mass is 35.5. The van der Waals surface area contributed by atoms with E-state index in [1.807, 2.05) is 12.1 Å². The summed E-state index contributed by atoms with van der Waals surface area (Å²) >= 11 is 12.7. The van der Waals surface area contributed by atoms with Crippen molar-refractivity contribution in [1.29, 1.82) is 0 Å². The van der Waals surface area contributed by atoms with E-state index in [1.165, 1.54) is 12.0 Å². The van der Waals surface area contributed by atoms with Gasteiger partial charge in [-0.15, -0.1) is 11.6 Å². The van der Waals surface area contributed by atoms with Crippen LogP contribution in [0.2, 0.25) is 5.02 Å². The van der Waals surface area contributed by atoms with Crippen molar-refractivity contribution in [3.63, 3.8) is 0 Å². The zero-order valence-electron chi connectivity index (χ0n) is 11.3. The maximum absolute atomic E-state index is 6.72. The molecule has 19 heavy (non-hydrogen) atoms. The molecule has 2 heteroatoms. The summed E-state index contributed by atoms with van der Waals surface area (Å²) in [5.74, 6) is 0.496. The van der Waals surface area contributed by atoms with Gasteiger partial charge in [-0.25, -0.2) is 0 Å². The van der Waals surface area contributed by atoms with Crippen LogP contribution in [0.3, 0.4) is 0 Å². The maximum Gasteiger partial charge on any atom is 0.0669 e. The Labute approximate surface area is 126 Å².